The zero-order valence-electron chi connectivity index (χ0n) is 17.6. The third-order valence-corrected chi connectivity index (χ3v) is 6.19. The summed E-state index contributed by atoms with van der Waals surface area (Å²) < 4.78 is 0. The van der Waals surface area contributed by atoms with E-state index in [-0.39, 0.29) is 39.3 Å². The molecule has 3 aromatic rings. The van der Waals surface area contributed by atoms with Crippen molar-refractivity contribution in [2.45, 2.75) is 18.9 Å². The Hall–Kier alpha value is -3.68. The quantitative estimate of drug-likeness (QED) is 0.492. The van der Waals surface area contributed by atoms with Crippen molar-refractivity contribution in [1.82, 2.24) is 5.32 Å². The topological polar surface area (TPSA) is 95.6 Å². The maximum Gasteiger partial charge on any atom is 0.266 e. The Balaban J connectivity index is 1.41. The highest BCUT2D eigenvalue weighted by Gasteiger charge is 2.38. The van der Waals surface area contributed by atoms with E-state index in [1.165, 1.54) is 30.3 Å². The molecule has 0 unspecified atom stereocenters. The number of fused-ring (bicyclic) bond motifs is 1. The van der Waals surface area contributed by atoms with Gasteiger partial charge in [0.05, 0.1) is 33.1 Å². The molecule has 5 rings (SSSR count). The maximum absolute atomic E-state index is 13.1. The third-order valence-electron chi connectivity index (χ3n) is 5.63. The maximum atomic E-state index is 13.1. The van der Waals surface area contributed by atoms with E-state index in [1.54, 1.807) is 30.3 Å². The Morgan fingerprint density at radius 3 is 2.35 bits per heavy atom. The van der Waals surface area contributed by atoms with Crippen LogP contribution in [0.25, 0.3) is 0 Å². The largest absolute Gasteiger partial charge is 0.349 e. The van der Waals surface area contributed by atoms with Crippen molar-refractivity contribution < 1.29 is 19.2 Å². The zero-order chi connectivity index (χ0) is 24.0. The molecule has 1 aliphatic carbocycles. The minimum absolute atomic E-state index is 0.0773. The summed E-state index contributed by atoms with van der Waals surface area (Å²) in [4.78, 5) is 52.4. The summed E-state index contributed by atoms with van der Waals surface area (Å²) in [6.45, 7) is 0. The molecule has 2 N–H and O–H groups in total. The molecule has 7 nitrogen and oxygen atoms in total. The van der Waals surface area contributed by atoms with Crippen LogP contribution in [0.1, 0.15) is 54.3 Å². The first-order valence-corrected chi connectivity index (χ1v) is 11.3. The summed E-state index contributed by atoms with van der Waals surface area (Å²) >= 11 is 12.2. The van der Waals surface area contributed by atoms with Crippen molar-refractivity contribution in [3.8, 4) is 0 Å². The van der Waals surface area contributed by atoms with Crippen molar-refractivity contribution in [2.75, 3.05) is 10.2 Å². The van der Waals surface area contributed by atoms with E-state index in [0.717, 1.165) is 17.7 Å². The molecule has 3 aromatic carbocycles. The third kappa shape index (κ3) is 4.04. The summed E-state index contributed by atoms with van der Waals surface area (Å²) in [6, 6.07) is 15.6. The summed E-state index contributed by atoms with van der Waals surface area (Å²) in [5, 5.41) is 6.14. The zero-order valence-corrected chi connectivity index (χ0v) is 19.1. The molecule has 9 heteroatoms. The molecule has 34 heavy (non-hydrogen) atoms. The molecule has 0 saturated heterocycles. The number of carbonyl (C=O) groups is 4. The number of halogens is 2. The molecule has 4 amide bonds. The standard InChI is InChI=1S/C25H17Cl2N3O4/c26-14-6-10-19(27)21(12-14)30-24(33)16-9-5-13(11-18(16)25(30)34)22(31)29-20-4-2-1-3-17(20)23(32)28-15-7-8-15/h1-6,9-12,15H,7-8H2,(H,28,32)(H,29,31). The second kappa shape index (κ2) is 8.59. The van der Waals surface area contributed by atoms with Gasteiger partial charge in [0.25, 0.3) is 23.6 Å². The Labute approximate surface area is 204 Å². The predicted octanol–water partition coefficient (Wildman–Crippen LogP) is 4.94. The highest BCUT2D eigenvalue weighted by atomic mass is 35.5. The summed E-state index contributed by atoms with van der Waals surface area (Å²) in [6.07, 6.45) is 1.89. The SMILES string of the molecule is O=C(Nc1ccccc1C(=O)NC1CC1)c1ccc2c(c1)C(=O)N(c1cc(Cl)ccc1Cl)C2=O. The highest BCUT2D eigenvalue weighted by molar-refractivity contribution is 6.41. The Bertz CT molecular complexity index is 1380. The molecule has 170 valence electrons. The fourth-order valence-corrected chi connectivity index (χ4v) is 4.10. The van der Waals surface area contributed by atoms with Gasteiger partial charge in [-0.15, -0.1) is 0 Å². The number of hydrogen-bond donors (Lipinski definition) is 2. The molecular formula is C25H17Cl2N3O4. The van der Waals surface area contributed by atoms with E-state index in [9.17, 15) is 19.2 Å². The number of para-hydroxylation sites is 1. The molecule has 1 fully saturated rings. The van der Waals surface area contributed by atoms with Gasteiger partial charge in [0.1, 0.15) is 0 Å². The smallest absolute Gasteiger partial charge is 0.266 e. The molecule has 0 atom stereocenters. The highest BCUT2D eigenvalue weighted by Crippen LogP contribution is 2.35. The fraction of sp³-hybridized carbons (Fsp3) is 0.120. The predicted molar refractivity (Wildman–Crippen MR) is 129 cm³/mol. The first-order chi connectivity index (χ1) is 16.3. The van der Waals surface area contributed by atoms with Gasteiger partial charge in [-0.05, 0) is 61.4 Å². The van der Waals surface area contributed by atoms with Crippen LogP contribution in [-0.2, 0) is 0 Å². The van der Waals surface area contributed by atoms with Crippen LogP contribution in [0.15, 0.2) is 60.7 Å². The lowest BCUT2D eigenvalue weighted by atomic mass is 10.0. The Kier molecular flexibility index (Phi) is 5.59. The van der Waals surface area contributed by atoms with Crippen LogP contribution >= 0.6 is 23.2 Å². The average molecular weight is 494 g/mol. The van der Waals surface area contributed by atoms with Gasteiger partial charge >= 0.3 is 0 Å². The first kappa shape index (κ1) is 22.1. The minimum Gasteiger partial charge on any atom is -0.349 e. The molecule has 0 spiro atoms. The van der Waals surface area contributed by atoms with Gasteiger partial charge in [-0.3, -0.25) is 19.2 Å². The monoisotopic (exact) mass is 493 g/mol. The Morgan fingerprint density at radius 1 is 0.853 bits per heavy atom. The van der Waals surface area contributed by atoms with Crippen LogP contribution in [0.4, 0.5) is 11.4 Å². The van der Waals surface area contributed by atoms with Crippen LogP contribution in [0, 0.1) is 0 Å². The van der Waals surface area contributed by atoms with E-state index in [1.807, 2.05) is 0 Å². The van der Waals surface area contributed by atoms with Crippen LogP contribution in [0.3, 0.4) is 0 Å². The van der Waals surface area contributed by atoms with E-state index in [4.69, 9.17) is 23.2 Å². The molecule has 1 heterocycles. The first-order valence-electron chi connectivity index (χ1n) is 10.5. The molecule has 1 aliphatic heterocycles. The van der Waals surface area contributed by atoms with Gasteiger partial charge in [0, 0.05) is 16.6 Å². The van der Waals surface area contributed by atoms with Gasteiger partial charge < -0.3 is 10.6 Å². The van der Waals surface area contributed by atoms with E-state index in [0.29, 0.717) is 16.3 Å². The molecule has 0 aromatic heterocycles. The van der Waals surface area contributed by atoms with Crippen molar-refractivity contribution in [3.05, 3.63) is 93.0 Å². The second-order valence-corrected chi connectivity index (χ2v) is 8.89. The molecular weight excluding hydrogens is 477 g/mol. The number of hydrogen-bond acceptors (Lipinski definition) is 4. The minimum atomic E-state index is -0.608. The normalized spacial score (nSPS) is 14.7. The number of rotatable bonds is 5. The van der Waals surface area contributed by atoms with Gasteiger partial charge in [-0.2, -0.15) is 0 Å². The fourth-order valence-electron chi connectivity index (χ4n) is 3.73. The molecule has 0 bridgehead atoms. The molecule has 1 saturated carbocycles. The van der Waals surface area contributed by atoms with Crippen molar-refractivity contribution in [1.29, 1.82) is 0 Å². The van der Waals surface area contributed by atoms with E-state index in [2.05, 4.69) is 10.6 Å². The molecule has 0 radical (unpaired) electrons. The van der Waals surface area contributed by atoms with Crippen LogP contribution in [0.2, 0.25) is 10.0 Å². The van der Waals surface area contributed by atoms with Crippen LogP contribution < -0.4 is 15.5 Å². The number of anilines is 2. The van der Waals surface area contributed by atoms with E-state index >= 15 is 0 Å². The summed E-state index contributed by atoms with van der Waals surface area (Å²) in [7, 11) is 0. The van der Waals surface area contributed by atoms with Crippen LogP contribution in [0.5, 0.6) is 0 Å². The van der Waals surface area contributed by atoms with Gasteiger partial charge in [0.15, 0.2) is 0 Å². The number of amides is 4. The van der Waals surface area contributed by atoms with Crippen molar-refractivity contribution in [3.63, 3.8) is 0 Å². The van der Waals surface area contributed by atoms with Gasteiger partial charge in [0.2, 0.25) is 0 Å². The number of carbonyl (C=O) groups excluding carboxylic acids is 4. The lowest BCUT2D eigenvalue weighted by Crippen LogP contribution is -2.29. The summed E-state index contributed by atoms with van der Waals surface area (Å²) in [5.41, 5.74) is 1.26. The average Bonchev–Trinajstić information content (AvgIpc) is 3.61. The van der Waals surface area contributed by atoms with Crippen molar-refractivity contribution >= 4 is 58.2 Å². The number of nitrogens with zero attached hydrogens (tertiary/aromatic N) is 1. The van der Waals surface area contributed by atoms with E-state index < -0.39 is 17.7 Å². The number of benzene rings is 3. The number of imide groups is 1. The second-order valence-electron chi connectivity index (χ2n) is 8.05. The Morgan fingerprint density at radius 2 is 1.59 bits per heavy atom. The lowest BCUT2D eigenvalue weighted by Gasteiger charge is -2.15. The number of nitrogens with one attached hydrogen (secondary N) is 2. The molecule has 2 aliphatic rings. The lowest BCUT2D eigenvalue weighted by molar-refractivity contribution is 0.0921. The van der Waals surface area contributed by atoms with Crippen LogP contribution in [-0.4, -0.2) is 29.7 Å². The summed E-state index contributed by atoms with van der Waals surface area (Å²) in [5.74, 6) is -1.95. The van der Waals surface area contributed by atoms with Gasteiger partial charge in [-0.25, -0.2) is 4.90 Å². The van der Waals surface area contributed by atoms with Crippen molar-refractivity contribution in [2.24, 2.45) is 0 Å². The van der Waals surface area contributed by atoms with Gasteiger partial charge in [-0.1, -0.05) is 35.3 Å².